The van der Waals surface area contributed by atoms with E-state index in [4.69, 9.17) is 4.42 Å². The topological polar surface area (TPSA) is 87.9 Å². The quantitative estimate of drug-likeness (QED) is 0.124. The van der Waals surface area contributed by atoms with Crippen LogP contribution in [0.3, 0.4) is 0 Å². The lowest BCUT2D eigenvalue weighted by atomic mass is 10.0. The Morgan fingerprint density at radius 2 is 1.59 bits per heavy atom. The molecule has 4 aromatic carbocycles. The van der Waals surface area contributed by atoms with Gasteiger partial charge in [0.25, 0.3) is 0 Å². The first kappa shape index (κ1) is 24.6. The predicted molar refractivity (Wildman–Crippen MR) is 151 cm³/mol. The van der Waals surface area contributed by atoms with E-state index in [1.165, 1.54) is 36.8 Å². The maximum absolute atomic E-state index is 13.2. The molecular weight excluding hydrogens is 488 g/mol. The van der Waals surface area contributed by atoms with Gasteiger partial charge in [-0.3, -0.25) is 0 Å². The summed E-state index contributed by atoms with van der Waals surface area (Å²) in [7, 11) is 0. The molecule has 2 heterocycles. The van der Waals surface area contributed by atoms with Crippen LogP contribution >= 0.6 is 0 Å². The molecule has 39 heavy (non-hydrogen) atoms. The van der Waals surface area contributed by atoms with Gasteiger partial charge in [-0.05, 0) is 72.0 Å². The number of unbranched alkanes of at least 4 members (excludes halogenated alkanes) is 3. The van der Waals surface area contributed by atoms with Gasteiger partial charge in [-0.25, -0.2) is 9.78 Å². The first-order valence-corrected chi connectivity index (χ1v) is 13.3. The Hall–Kier alpha value is -4.78. The van der Waals surface area contributed by atoms with Gasteiger partial charge in [-0.1, -0.05) is 79.4 Å². The van der Waals surface area contributed by atoms with Gasteiger partial charge in [-0.15, -0.1) is 4.85 Å². The Bertz CT molecular complexity index is 1770. The highest BCUT2D eigenvalue weighted by molar-refractivity contribution is 6.01. The number of aryl methyl sites for hydroxylation is 1. The Kier molecular flexibility index (Phi) is 6.63. The van der Waals surface area contributed by atoms with Crippen LogP contribution in [0.25, 0.3) is 44.7 Å². The normalized spacial score (nSPS) is 11.4. The van der Waals surface area contributed by atoms with Crippen molar-refractivity contribution in [2.75, 3.05) is 0 Å². The van der Waals surface area contributed by atoms with Gasteiger partial charge in [0, 0.05) is 5.56 Å². The number of carbonyl (C=O) groups is 1. The summed E-state index contributed by atoms with van der Waals surface area (Å²) in [6, 6.07) is 28.8. The summed E-state index contributed by atoms with van der Waals surface area (Å²) in [5.74, 6) is 0.0640. The molecule has 7 heteroatoms. The standard InChI is InChI=1S/C32H28N4O3/c1-2-3-4-5-8-22-11-13-23(14-12-22)24-15-17-25(18-16-24)31-33-27-21-26(19-20-30(27)39-31)32(37)35-28-9-6-7-10-29(28)36(38)34-35/h6-7,9-21H,2-5,8H2,1H3. The molecule has 7 nitrogen and oxygen atoms in total. The Morgan fingerprint density at radius 1 is 0.872 bits per heavy atom. The van der Waals surface area contributed by atoms with E-state index in [0.29, 0.717) is 38.4 Å². The summed E-state index contributed by atoms with van der Waals surface area (Å²) in [6.45, 7) is 2.24. The zero-order valence-electron chi connectivity index (χ0n) is 21.7. The average molecular weight is 517 g/mol. The SMILES string of the molecule is CCCCCCc1ccc(-c2ccc(-c3nc4cc(C(=O)n5n[n+]([O-])c6ccccc65)ccc4o3)cc2)cc1. The molecule has 0 saturated heterocycles. The number of oxazole rings is 1. The summed E-state index contributed by atoms with van der Waals surface area (Å²) in [5, 5.41) is 15.9. The van der Waals surface area contributed by atoms with Crippen molar-refractivity contribution in [1.82, 2.24) is 14.9 Å². The van der Waals surface area contributed by atoms with Crippen molar-refractivity contribution >= 4 is 28.0 Å². The van der Waals surface area contributed by atoms with Crippen molar-refractivity contribution in [3.05, 3.63) is 107 Å². The van der Waals surface area contributed by atoms with Gasteiger partial charge >= 0.3 is 5.91 Å². The van der Waals surface area contributed by atoms with E-state index in [-0.39, 0.29) is 0 Å². The monoisotopic (exact) mass is 516 g/mol. The molecule has 194 valence electrons. The molecule has 0 amide bonds. The molecule has 0 radical (unpaired) electrons. The van der Waals surface area contributed by atoms with Crippen molar-refractivity contribution in [3.8, 4) is 22.6 Å². The lowest BCUT2D eigenvalue weighted by molar-refractivity contribution is -0.645. The Labute approximate surface area is 225 Å². The summed E-state index contributed by atoms with van der Waals surface area (Å²) < 4.78 is 7.10. The average Bonchev–Trinajstić information content (AvgIpc) is 3.56. The minimum Gasteiger partial charge on any atom is -0.691 e. The number of fused-ring (bicyclic) bond motifs is 2. The molecule has 0 bridgehead atoms. The second kappa shape index (κ2) is 10.5. The fourth-order valence-corrected chi connectivity index (χ4v) is 4.86. The Morgan fingerprint density at radius 3 is 2.36 bits per heavy atom. The van der Waals surface area contributed by atoms with Crippen LogP contribution in [0.4, 0.5) is 0 Å². The minimum absolute atomic E-state index is 0.331. The van der Waals surface area contributed by atoms with E-state index in [1.54, 1.807) is 42.5 Å². The third-order valence-corrected chi connectivity index (χ3v) is 7.05. The van der Waals surface area contributed by atoms with Crippen LogP contribution in [0, 0.1) is 5.21 Å². The molecule has 0 fully saturated rings. The number of carbonyl (C=O) groups excluding carboxylic acids is 1. The van der Waals surface area contributed by atoms with Gasteiger partial charge in [0.1, 0.15) is 10.7 Å². The van der Waals surface area contributed by atoms with Crippen molar-refractivity contribution in [3.63, 3.8) is 0 Å². The fourth-order valence-electron chi connectivity index (χ4n) is 4.86. The van der Waals surface area contributed by atoms with Gasteiger partial charge < -0.3 is 9.62 Å². The molecule has 6 aromatic rings. The molecule has 0 aliphatic rings. The molecule has 6 rings (SSSR count). The van der Waals surface area contributed by atoms with Crippen molar-refractivity contribution in [2.45, 2.75) is 39.0 Å². The van der Waals surface area contributed by atoms with Gasteiger partial charge in [0.05, 0.1) is 5.56 Å². The first-order valence-electron chi connectivity index (χ1n) is 13.3. The maximum atomic E-state index is 13.2. The van der Waals surface area contributed by atoms with Gasteiger partial charge in [0.2, 0.25) is 16.9 Å². The predicted octanol–water partition coefficient (Wildman–Crippen LogP) is 6.96. The highest BCUT2D eigenvalue weighted by Crippen LogP contribution is 2.28. The number of para-hydroxylation sites is 2. The van der Waals surface area contributed by atoms with E-state index in [0.717, 1.165) is 22.2 Å². The summed E-state index contributed by atoms with van der Waals surface area (Å²) in [6.07, 6.45) is 6.21. The van der Waals surface area contributed by atoms with Gasteiger partial charge in [0.15, 0.2) is 5.58 Å². The van der Waals surface area contributed by atoms with E-state index in [9.17, 15) is 10.0 Å². The van der Waals surface area contributed by atoms with E-state index < -0.39 is 5.91 Å². The number of aromatic nitrogens is 4. The summed E-state index contributed by atoms with van der Waals surface area (Å²) in [5.41, 5.74) is 6.79. The molecule has 0 aliphatic carbocycles. The third kappa shape index (κ3) is 4.91. The molecular formula is C32H28N4O3. The number of benzene rings is 4. The van der Waals surface area contributed by atoms with Crippen LogP contribution in [0.15, 0.2) is 95.4 Å². The second-order valence-electron chi connectivity index (χ2n) is 9.75. The van der Waals surface area contributed by atoms with Crippen LogP contribution in [0.1, 0.15) is 48.5 Å². The van der Waals surface area contributed by atoms with E-state index in [1.807, 2.05) is 12.1 Å². The smallest absolute Gasteiger partial charge is 0.366 e. The van der Waals surface area contributed by atoms with Crippen LogP contribution in [0.5, 0.6) is 0 Å². The number of hydrogen-bond acceptors (Lipinski definition) is 5. The van der Waals surface area contributed by atoms with Crippen molar-refractivity contribution < 1.29 is 14.1 Å². The van der Waals surface area contributed by atoms with Gasteiger partial charge in [-0.2, -0.15) is 0 Å². The second-order valence-corrected chi connectivity index (χ2v) is 9.75. The molecule has 0 saturated carbocycles. The molecule has 0 atom stereocenters. The lowest BCUT2D eigenvalue weighted by Gasteiger charge is -2.05. The van der Waals surface area contributed by atoms with E-state index >= 15 is 0 Å². The summed E-state index contributed by atoms with van der Waals surface area (Å²) in [4.78, 5) is 18.2. The number of rotatable bonds is 8. The van der Waals surface area contributed by atoms with Crippen LogP contribution in [0.2, 0.25) is 0 Å². The zero-order chi connectivity index (χ0) is 26.8. The first-order chi connectivity index (χ1) is 19.1. The lowest BCUT2D eigenvalue weighted by Crippen LogP contribution is -2.31. The fraction of sp³-hybridized carbons (Fsp3) is 0.188. The molecule has 0 N–H and O–H groups in total. The third-order valence-electron chi connectivity index (χ3n) is 7.05. The maximum Gasteiger partial charge on any atom is 0.366 e. The van der Waals surface area contributed by atoms with Crippen LogP contribution in [-0.2, 0) is 6.42 Å². The van der Waals surface area contributed by atoms with Crippen LogP contribution in [-0.4, -0.2) is 20.8 Å². The zero-order valence-corrected chi connectivity index (χ0v) is 21.7. The van der Waals surface area contributed by atoms with Crippen LogP contribution < -0.4 is 4.85 Å². The van der Waals surface area contributed by atoms with Crippen molar-refractivity contribution in [1.29, 1.82) is 0 Å². The highest BCUT2D eigenvalue weighted by atomic mass is 16.5. The largest absolute Gasteiger partial charge is 0.691 e. The Balaban J connectivity index is 1.20. The van der Waals surface area contributed by atoms with E-state index in [2.05, 4.69) is 53.5 Å². The molecule has 0 aliphatic heterocycles. The molecule has 0 spiro atoms. The molecule has 2 aromatic heterocycles. The summed E-state index contributed by atoms with van der Waals surface area (Å²) >= 11 is 0. The number of nitrogens with zero attached hydrogens (tertiary/aromatic N) is 4. The molecule has 0 unspecified atom stereocenters. The number of hydrogen-bond donors (Lipinski definition) is 0. The highest BCUT2D eigenvalue weighted by Gasteiger charge is 2.23. The van der Waals surface area contributed by atoms with Crippen molar-refractivity contribution in [2.24, 2.45) is 0 Å². The minimum atomic E-state index is -0.413.